The molecule has 4 rings (SSSR count). The molecule has 0 spiro atoms. The fourth-order valence-corrected chi connectivity index (χ4v) is 2.90. The van der Waals surface area contributed by atoms with E-state index in [0.717, 1.165) is 5.56 Å². The molecule has 4 aromatic rings. The maximum Gasteiger partial charge on any atom is 0.361 e. The smallest absolute Gasteiger partial charge is 0.361 e. The third kappa shape index (κ3) is 5.79. The maximum absolute atomic E-state index is 12.2. The lowest BCUT2D eigenvalue weighted by atomic mass is 10.2. The van der Waals surface area contributed by atoms with Crippen molar-refractivity contribution in [1.82, 2.24) is 15.0 Å². The Morgan fingerprint density at radius 1 is 0.875 bits per heavy atom. The van der Waals surface area contributed by atoms with E-state index in [9.17, 15) is 9.59 Å². The number of aromatic nitrogens is 3. The normalized spacial score (nSPS) is 10.4. The van der Waals surface area contributed by atoms with Gasteiger partial charge in [0.1, 0.15) is 11.5 Å². The lowest BCUT2D eigenvalue weighted by molar-refractivity contribution is -0.119. The largest absolute Gasteiger partial charge is 0.457 e. The third-order valence-electron chi connectivity index (χ3n) is 4.37. The van der Waals surface area contributed by atoms with Crippen molar-refractivity contribution in [3.05, 3.63) is 102 Å². The monoisotopic (exact) mass is 428 g/mol. The molecule has 8 nitrogen and oxygen atoms in total. The van der Waals surface area contributed by atoms with Crippen molar-refractivity contribution in [2.45, 2.75) is 6.54 Å². The second kappa shape index (κ2) is 10.0. The van der Waals surface area contributed by atoms with E-state index in [4.69, 9.17) is 9.47 Å². The predicted molar refractivity (Wildman–Crippen MR) is 117 cm³/mol. The molecule has 0 aliphatic carbocycles. The van der Waals surface area contributed by atoms with Gasteiger partial charge in [-0.2, -0.15) is 0 Å². The first-order valence-electron chi connectivity index (χ1n) is 9.90. The summed E-state index contributed by atoms with van der Waals surface area (Å²) in [5.41, 5.74) is 1.58. The van der Waals surface area contributed by atoms with E-state index in [0.29, 0.717) is 23.7 Å². The molecule has 3 aromatic carbocycles. The van der Waals surface area contributed by atoms with E-state index in [1.807, 2.05) is 60.7 Å². The Kier molecular flexibility index (Phi) is 6.52. The first-order valence-corrected chi connectivity index (χ1v) is 9.90. The van der Waals surface area contributed by atoms with E-state index < -0.39 is 18.5 Å². The fraction of sp³-hybridized carbons (Fsp3) is 0.0833. The van der Waals surface area contributed by atoms with Gasteiger partial charge in [0.25, 0.3) is 5.91 Å². The Balaban J connectivity index is 1.28. The third-order valence-corrected chi connectivity index (χ3v) is 4.37. The summed E-state index contributed by atoms with van der Waals surface area (Å²) in [7, 11) is 0. The number of carbonyl (C=O) groups excluding carboxylic acids is 2. The Hall–Kier alpha value is -4.46. The second-order valence-corrected chi connectivity index (χ2v) is 6.85. The highest BCUT2D eigenvalue weighted by atomic mass is 16.5. The van der Waals surface area contributed by atoms with Crippen LogP contribution in [0, 0.1) is 0 Å². The minimum absolute atomic E-state index is 0.0342. The van der Waals surface area contributed by atoms with Crippen LogP contribution in [0.4, 0.5) is 5.69 Å². The SMILES string of the molecule is O=C(COC(=O)c1cn(Cc2ccccc2)nn1)Nc1cccc(Oc2ccccc2)c1. The van der Waals surface area contributed by atoms with Crippen LogP contribution in [0.1, 0.15) is 16.1 Å². The highest BCUT2D eigenvalue weighted by Crippen LogP contribution is 2.23. The van der Waals surface area contributed by atoms with Crippen LogP contribution in [0.25, 0.3) is 0 Å². The number of carbonyl (C=O) groups is 2. The van der Waals surface area contributed by atoms with Crippen molar-refractivity contribution >= 4 is 17.6 Å². The van der Waals surface area contributed by atoms with Gasteiger partial charge in [-0.05, 0) is 29.8 Å². The lowest BCUT2D eigenvalue weighted by Crippen LogP contribution is -2.21. The molecule has 8 heteroatoms. The lowest BCUT2D eigenvalue weighted by Gasteiger charge is -2.09. The summed E-state index contributed by atoms with van der Waals surface area (Å²) in [4.78, 5) is 24.4. The molecule has 1 heterocycles. The van der Waals surface area contributed by atoms with Crippen molar-refractivity contribution in [3.8, 4) is 11.5 Å². The van der Waals surface area contributed by atoms with Gasteiger partial charge in [0, 0.05) is 11.8 Å². The van der Waals surface area contributed by atoms with Crippen LogP contribution in [-0.4, -0.2) is 33.5 Å². The molecule has 0 saturated heterocycles. The van der Waals surface area contributed by atoms with Crippen molar-refractivity contribution in [1.29, 1.82) is 0 Å². The summed E-state index contributed by atoms with van der Waals surface area (Å²) in [6.45, 7) is 0.0249. The molecule has 0 radical (unpaired) electrons. The van der Waals surface area contributed by atoms with Gasteiger partial charge in [-0.25, -0.2) is 9.48 Å². The van der Waals surface area contributed by atoms with Crippen LogP contribution < -0.4 is 10.1 Å². The molecule has 0 fully saturated rings. The first kappa shape index (κ1) is 20.8. The highest BCUT2D eigenvalue weighted by Gasteiger charge is 2.15. The van der Waals surface area contributed by atoms with Gasteiger partial charge in [-0.1, -0.05) is 59.8 Å². The summed E-state index contributed by atoms with van der Waals surface area (Å²) in [5.74, 6) is 0.0544. The van der Waals surface area contributed by atoms with E-state index in [1.165, 1.54) is 10.9 Å². The highest BCUT2D eigenvalue weighted by molar-refractivity contribution is 5.94. The number of amides is 1. The van der Waals surface area contributed by atoms with Gasteiger partial charge in [-0.15, -0.1) is 5.10 Å². The number of esters is 1. The number of nitrogens with zero attached hydrogens (tertiary/aromatic N) is 3. The second-order valence-electron chi connectivity index (χ2n) is 6.85. The van der Waals surface area contributed by atoms with Crippen LogP contribution >= 0.6 is 0 Å². The fourth-order valence-electron chi connectivity index (χ4n) is 2.90. The van der Waals surface area contributed by atoms with Crippen LogP contribution in [0.15, 0.2) is 91.1 Å². The number of benzene rings is 3. The molecule has 1 aromatic heterocycles. The average Bonchev–Trinajstić information content (AvgIpc) is 3.28. The topological polar surface area (TPSA) is 95.3 Å². The Morgan fingerprint density at radius 2 is 1.59 bits per heavy atom. The van der Waals surface area contributed by atoms with Crippen molar-refractivity contribution in [3.63, 3.8) is 0 Å². The molecular weight excluding hydrogens is 408 g/mol. The molecule has 1 N–H and O–H groups in total. The van der Waals surface area contributed by atoms with E-state index >= 15 is 0 Å². The summed E-state index contributed by atoms with van der Waals surface area (Å²) in [6.07, 6.45) is 1.48. The number of ether oxygens (including phenoxy) is 2. The Morgan fingerprint density at radius 3 is 2.38 bits per heavy atom. The molecule has 0 bridgehead atoms. The van der Waals surface area contributed by atoms with Gasteiger partial charge in [0.15, 0.2) is 12.3 Å². The molecule has 0 saturated carbocycles. The van der Waals surface area contributed by atoms with Crippen molar-refractivity contribution in [2.24, 2.45) is 0 Å². The molecule has 0 aliphatic heterocycles. The minimum Gasteiger partial charge on any atom is -0.457 e. The number of rotatable bonds is 8. The van der Waals surface area contributed by atoms with Crippen LogP contribution in [-0.2, 0) is 16.1 Å². The van der Waals surface area contributed by atoms with Gasteiger partial charge < -0.3 is 14.8 Å². The molecule has 160 valence electrons. The van der Waals surface area contributed by atoms with Crippen molar-refractivity contribution in [2.75, 3.05) is 11.9 Å². The van der Waals surface area contributed by atoms with Gasteiger partial charge in [-0.3, -0.25) is 4.79 Å². The summed E-state index contributed by atoms with van der Waals surface area (Å²) >= 11 is 0. The number of hydrogen-bond donors (Lipinski definition) is 1. The van der Waals surface area contributed by atoms with Crippen LogP contribution in [0.3, 0.4) is 0 Å². The number of hydrogen-bond acceptors (Lipinski definition) is 6. The quantitative estimate of drug-likeness (QED) is 0.428. The van der Waals surface area contributed by atoms with E-state index in [1.54, 1.807) is 24.3 Å². The van der Waals surface area contributed by atoms with Crippen LogP contribution in [0.2, 0.25) is 0 Å². The Bertz CT molecular complexity index is 1190. The summed E-state index contributed by atoms with van der Waals surface area (Å²) in [6, 6.07) is 25.9. The Labute approximate surface area is 184 Å². The number of anilines is 1. The summed E-state index contributed by atoms with van der Waals surface area (Å²) < 4.78 is 12.3. The molecule has 32 heavy (non-hydrogen) atoms. The molecule has 0 aliphatic rings. The van der Waals surface area contributed by atoms with Gasteiger partial charge >= 0.3 is 5.97 Å². The molecular formula is C24H20N4O4. The van der Waals surface area contributed by atoms with E-state index in [-0.39, 0.29) is 5.69 Å². The zero-order chi connectivity index (χ0) is 22.2. The molecule has 1 amide bonds. The zero-order valence-electron chi connectivity index (χ0n) is 17.0. The number of nitrogens with one attached hydrogen (secondary N) is 1. The molecule has 0 unspecified atom stereocenters. The van der Waals surface area contributed by atoms with Gasteiger partial charge in [0.05, 0.1) is 12.7 Å². The zero-order valence-corrected chi connectivity index (χ0v) is 17.0. The predicted octanol–water partition coefficient (Wildman–Crippen LogP) is 3.91. The average molecular weight is 428 g/mol. The van der Waals surface area contributed by atoms with Crippen LogP contribution in [0.5, 0.6) is 11.5 Å². The maximum atomic E-state index is 12.2. The number of para-hydroxylation sites is 1. The van der Waals surface area contributed by atoms with Gasteiger partial charge in [0.2, 0.25) is 0 Å². The standard InChI is InChI=1S/C24H20N4O4/c29-23(25-19-10-7-13-21(14-19)32-20-11-5-2-6-12-20)17-31-24(30)22-16-28(27-26-22)15-18-8-3-1-4-9-18/h1-14,16H,15,17H2,(H,25,29). The minimum atomic E-state index is -0.722. The summed E-state index contributed by atoms with van der Waals surface area (Å²) in [5, 5.41) is 10.4. The molecule has 0 atom stereocenters. The van der Waals surface area contributed by atoms with E-state index in [2.05, 4.69) is 15.6 Å². The van der Waals surface area contributed by atoms with Crippen molar-refractivity contribution < 1.29 is 19.1 Å². The first-order chi connectivity index (χ1) is 15.7.